The first kappa shape index (κ1) is 19.5. The van der Waals surface area contributed by atoms with Crippen molar-refractivity contribution >= 4 is 11.6 Å². The van der Waals surface area contributed by atoms with Crippen LogP contribution in [0, 0.1) is 0 Å². The molecule has 0 unspecified atom stereocenters. The smallest absolute Gasteiger partial charge is 0.213 e. The second-order valence-electron chi connectivity index (χ2n) is 8.24. The number of nitrogens with one attached hydrogen (secondary N) is 1. The van der Waals surface area contributed by atoms with Crippen molar-refractivity contribution in [2.75, 3.05) is 7.05 Å². The van der Waals surface area contributed by atoms with Gasteiger partial charge in [0, 0.05) is 35.7 Å². The number of benzene rings is 1. The predicted molar refractivity (Wildman–Crippen MR) is 116 cm³/mol. The molecule has 0 saturated heterocycles. The molecule has 30 heavy (non-hydrogen) atoms. The Morgan fingerprint density at radius 3 is 2.70 bits per heavy atom. The molecule has 1 aliphatic carbocycles. The number of pyridine rings is 1. The van der Waals surface area contributed by atoms with E-state index in [1.54, 1.807) is 6.20 Å². The quantitative estimate of drug-likeness (QED) is 0.684. The summed E-state index contributed by atoms with van der Waals surface area (Å²) >= 11 is 6.31. The number of nitrogens with zero attached hydrogens (tertiary/aromatic N) is 4. The van der Waals surface area contributed by atoms with Gasteiger partial charge >= 0.3 is 0 Å². The number of fused-ring (bicyclic) bond motifs is 3. The highest BCUT2D eigenvalue weighted by Gasteiger charge is 2.31. The maximum absolute atomic E-state index is 6.31. The highest BCUT2D eigenvalue weighted by molar-refractivity contribution is 6.30. The lowest BCUT2D eigenvalue weighted by Gasteiger charge is -2.28. The summed E-state index contributed by atoms with van der Waals surface area (Å²) in [4.78, 5) is 4.29. The van der Waals surface area contributed by atoms with Gasteiger partial charge < -0.3 is 10.1 Å². The summed E-state index contributed by atoms with van der Waals surface area (Å²) in [6.45, 7) is 0. The minimum absolute atomic E-state index is 0.211. The zero-order chi connectivity index (χ0) is 20.5. The molecule has 0 spiro atoms. The van der Waals surface area contributed by atoms with E-state index < -0.39 is 0 Å². The van der Waals surface area contributed by atoms with Crippen LogP contribution >= 0.6 is 11.6 Å². The average Bonchev–Trinajstić information content (AvgIpc) is 3.11. The molecule has 1 atom stereocenters. The molecule has 5 rings (SSSR count). The summed E-state index contributed by atoms with van der Waals surface area (Å²) in [5.74, 6) is 3.18. The zero-order valence-corrected chi connectivity index (χ0v) is 17.8. The van der Waals surface area contributed by atoms with Crippen LogP contribution in [-0.2, 0) is 12.8 Å². The Bertz CT molecular complexity index is 1010. The zero-order valence-electron chi connectivity index (χ0n) is 17.1. The van der Waals surface area contributed by atoms with E-state index in [0.29, 0.717) is 17.8 Å². The molecule has 3 aromatic rings. The van der Waals surface area contributed by atoms with E-state index in [1.165, 1.54) is 11.3 Å². The first-order valence-electron chi connectivity index (χ1n) is 10.7. The summed E-state index contributed by atoms with van der Waals surface area (Å²) in [6.07, 6.45) is 7.83. The minimum Gasteiger partial charge on any atom is -0.474 e. The van der Waals surface area contributed by atoms with Crippen LogP contribution in [0.1, 0.15) is 48.8 Å². The van der Waals surface area contributed by atoms with Crippen LogP contribution in [0.3, 0.4) is 0 Å². The van der Waals surface area contributed by atoms with Gasteiger partial charge in [-0.3, -0.25) is 4.57 Å². The molecule has 2 aromatic heterocycles. The van der Waals surface area contributed by atoms with Crippen molar-refractivity contribution in [3.8, 4) is 11.6 Å². The standard InChI is InChI=1S/C23H26ClN5O/c1-25-18-13-16-12-17(24)7-10-20(16)29-21(14-18)27-28-23(29)15-5-8-19(9-6-15)30-22-4-2-3-11-26-22/h2-4,7,10-12,15,18-19,25H,5-6,8-9,13-14H2,1H3/t15?,18-,19?/m1/s1. The van der Waals surface area contributed by atoms with E-state index >= 15 is 0 Å². The molecular weight excluding hydrogens is 398 g/mol. The van der Waals surface area contributed by atoms with Gasteiger partial charge in [0.15, 0.2) is 0 Å². The molecule has 1 N–H and O–H groups in total. The maximum atomic E-state index is 6.31. The Kier molecular flexibility index (Phi) is 5.44. The Hall–Kier alpha value is -2.44. The molecule has 1 fully saturated rings. The first-order valence-corrected chi connectivity index (χ1v) is 11.1. The van der Waals surface area contributed by atoms with Crippen molar-refractivity contribution in [3.05, 3.63) is 64.8 Å². The van der Waals surface area contributed by atoms with Gasteiger partial charge in [0.25, 0.3) is 0 Å². The van der Waals surface area contributed by atoms with E-state index in [-0.39, 0.29) is 6.10 Å². The molecule has 0 bridgehead atoms. The number of likely N-dealkylation sites (N-methyl/N-ethyl adjacent to an activating group) is 1. The van der Waals surface area contributed by atoms with Gasteiger partial charge in [-0.2, -0.15) is 0 Å². The molecule has 156 valence electrons. The van der Waals surface area contributed by atoms with Crippen LogP contribution < -0.4 is 10.1 Å². The highest BCUT2D eigenvalue weighted by atomic mass is 35.5. The molecule has 1 aromatic carbocycles. The van der Waals surface area contributed by atoms with Gasteiger partial charge in [-0.25, -0.2) is 4.98 Å². The lowest BCUT2D eigenvalue weighted by atomic mass is 9.86. The monoisotopic (exact) mass is 423 g/mol. The Labute approximate surface area is 181 Å². The highest BCUT2D eigenvalue weighted by Crippen LogP contribution is 2.36. The molecule has 7 heteroatoms. The second-order valence-corrected chi connectivity index (χ2v) is 8.67. The molecular formula is C23H26ClN5O. The molecule has 0 radical (unpaired) electrons. The van der Waals surface area contributed by atoms with Crippen molar-refractivity contribution in [1.29, 1.82) is 0 Å². The maximum Gasteiger partial charge on any atom is 0.213 e. The Morgan fingerprint density at radius 1 is 1.07 bits per heavy atom. The summed E-state index contributed by atoms with van der Waals surface area (Å²) in [6, 6.07) is 12.3. The number of hydrogen-bond acceptors (Lipinski definition) is 5. The summed E-state index contributed by atoms with van der Waals surface area (Å²) in [7, 11) is 2.00. The molecule has 3 heterocycles. The third-order valence-electron chi connectivity index (χ3n) is 6.31. The number of halogens is 1. The fourth-order valence-electron chi connectivity index (χ4n) is 4.71. The van der Waals surface area contributed by atoms with E-state index in [9.17, 15) is 0 Å². The van der Waals surface area contributed by atoms with Crippen LogP contribution in [-0.4, -0.2) is 38.9 Å². The van der Waals surface area contributed by atoms with Crippen molar-refractivity contribution in [2.24, 2.45) is 0 Å². The lowest BCUT2D eigenvalue weighted by Crippen LogP contribution is -2.29. The van der Waals surface area contributed by atoms with Crippen molar-refractivity contribution in [3.63, 3.8) is 0 Å². The number of rotatable bonds is 4. The van der Waals surface area contributed by atoms with Crippen LogP contribution in [0.4, 0.5) is 0 Å². The van der Waals surface area contributed by atoms with Gasteiger partial charge in [0.05, 0.1) is 5.69 Å². The van der Waals surface area contributed by atoms with Gasteiger partial charge in [0.1, 0.15) is 17.8 Å². The van der Waals surface area contributed by atoms with E-state index in [0.717, 1.165) is 55.2 Å². The molecule has 6 nitrogen and oxygen atoms in total. The second kappa shape index (κ2) is 8.36. The van der Waals surface area contributed by atoms with Gasteiger partial charge in [-0.15, -0.1) is 10.2 Å². The largest absolute Gasteiger partial charge is 0.474 e. The minimum atomic E-state index is 0.211. The Morgan fingerprint density at radius 2 is 1.93 bits per heavy atom. The summed E-state index contributed by atoms with van der Waals surface area (Å²) in [5, 5.41) is 13.4. The first-order chi connectivity index (χ1) is 14.7. The van der Waals surface area contributed by atoms with Gasteiger partial charge in [-0.1, -0.05) is 17.7 Å². The van der Waals surface area contributed by atoms with Crippen LogP contribution in [0.15, 0.2) is 42.6 Å². The van der Waals surface area contributed by atoms with E-state index in [1.807, 2.05) is 31.3 Å². The van der Waals surface area contributed by atoms with Crippen LogP contribution in [0.5, 0.6) is 5.88 Å². The topological polar surface area (TPSA) is 64.9 Å². The van der Waals surface area contributed by atoms with Gasteiger partial charge in [-0.05, 0) is 69.0 Å². The van der Waals surface area contributed by atoms with Crippen LogP contribution in [0.2, 0.25) is 5.02 Å². The van der Waals surface area contributed by atoms with Crippen molar-refractivity contribution < 1.29 is 4.74 Å². The van der Waals surface area contributed by atoms with Crippen LogP contribution in [0.25, 0.3) is 5.69 Å². The third kappa shape index (κ3) is 3.82. The number of ether oxygens (including phenoxy) is 1. The SMILES string of the molecule is CN[C@@H]1Cc2cc(Cl)ccc2-n2c(nnc2C2CCC(Oc3ccccn3)CC2)C1. The number of aromatic nitrogens is 4. The fourth-order valence-corrected chi connectivity index (χ4v) is 4.91. The van der Waals surface area contributed by atoms with Gasteiger partial charge in [0.2, 0.25) is 5.88 Å². The normalized spacial score (nSPS) is 23.3. The summed E-state index contributed by atoms with van der Waals surface area (Å²) in [5.41, 5.74) is 2.41. The third-order valence-corrected chi connectivity index (χ3v) is 6.54. The predicted octanol–water partition coefficient (Wildman–Crippen LogP) is 4.11. The molecule has 0 amide bonds. The molecule has 1 aliphatic heterocycles. The fraction of sp³-hybridized carbons (Fsp3) is 0.435. The van der Waals surface area contributed by atoms with Crippen molar-refractivity contribution in [2.45, 2.75) is 56.6 Å². The Balaban J connectivity index is 1.39. The molecule has 1 saturated carbocycles. The summed E-state index contributed by atoms with van der Waals surface area (Å²) < 4.78 is 8.36. The van der Waals surface area contributed by atoms with Crippen molar-refractivity contribution in [1.82, 2.24) is 25.1 Å². The van der Waals surface area contributed by atoms with E-state index in [4.69, 9.17) is 16.3 Å². The molecule has 2 aliphatic rings. The van der Waals surface area contributed by atoms with E-state index in [2.05, 4.69) is 37.2 Å². The number of hydrogen-bond donors (Lipinski definition) is 1. The average molecular weight is 424 g/mol. The lowest BCUT2D eigenvalue weighted by molar-refractivity contribution is 0.139.